The van der Waals surface area contributed by atoms with Gasteiger partial charge in [0, 0.05) is 13.1 Å². The van der Waals surface area contributed by atoms with Gasteiger partial charge in [0.15, 0.2) is 0 Å². The van der Waals surface area contributed by atoms with E-state index in [1.807, 2.05) is 5.38 Å². The molecule has 7 nitrogen and oxygen atoms in total. The Morgan fingerprint density at radius 3 is 2.64 bits per heavy atom. The van der Waals surface area contributed by atoms with E-state index < -0.39 is 0 Å². The van der Waals surface area contributed by atoms with E-state index in [1.165, 1.54) is 17.6 Å². The number of amides is 2. The summed E-state index contributed by atoms with van der Waals surface area (Å²) < 4.78 is 10.5. The van der Waals surface area contributed by atoms with Gasteiger partial charge in [-0.15, -0.1) is 11.3 Å². The van der Waals surface area contributed by atoms with Crippen LogP contribution >= 0.6 is 11.3 Å². The zero-order valence-electron chi connectivity index (χ0n) is 13.4. The second kappa shape index (κ2) is 8.41. The number of hydrogen-bond acceptors (Lipinski definition) is 6. The maximum atomic E-state index is 12.0. The number of benzene rings is 1. The summed E-state index contributed by atoms with van der Waals surface area (Å²) in [5.74, 6) is 0.207. The van der Waals surface area contributed by atoms with Crippen molar-refractivity contribution in [2.45, 2.75) is 0 Å². The number of thiophene rings is 1. The van der Waals surface area contributed by atoms with Gasteiger partial charge in [-0.25, -0.2) is 10.2 Å². The van der Waals surface area contributed by atoms with E-state index in [-0.39, 0.29) is 12.0 Å². The van der Waals surface area contributed by atoms with E-state index in [9.17, 15) is 9.59 Å². The fourth-order valence-corrected chi connectivity index (χ4v) is 2.78. The van der Waals surface area contributed by atoms with Crippen LogP contribution in [0.4, 0.5) is 4.79 Å². The molecule has 1 fully saturated rings. The maximum Gasteiger partial charge on any atom is 0.415 e. The lowest BCUT2D eigenvalue weighted by Gasteiger charge is -2.25. The van der Waals surface area contributed by atoms with Gasteiger partial charge in [-0.1, -0.05) is 6.07 Å². The van der Waals surface area contributed by atoms with Gasteiger partial charge in [0.1, 0.15) is 5.75 Å². The molecule has 1 N–H and O–H groups in total. The van der Waals surface area contributed by atoms with Gasteiger partial charge in [0.2, 0.25) is 0 Å². The van der Waals surface area contributed by atoms with Crippen molar-refractivity contribution in [2.75, 3.05) is 26.3 Å². The number of nitrogens with one attached hydrogen (secondary N) is 1. The summed E-state index contributed by atoms with van der Waals surface area (Å²) in [4.78, 5) is 25.9. The largest absolute Gasteiger partial charge is 0.415 e. The fraction of sp³-hybridized carbons (Fsp3) is 0.235. The predicted octanol–water partition coefficient (Wildman–Crippen LogP) is 2.34. The summed E-state index contributed by atoms with van der Waals surface area (Å²) in [5, 5.41) is 5.74. The monoisotopic (exact) mass is 359 g/mol. The molecule has 1 aliphatic rings. The van der Waals surface area contributed by atoms with E-state index in [0.29, 0.717) is 36.9 Å². The van der Waals surface area contributed by atoms with Crippen molar-refractivity contribution in [3.63, 3.8) is 0 Å². The van der Waals surface area contributed by atoms with Crippen molar-refractivity contribution in [1.82, 2.24) is 10.3 Å². The summed E-state index contributed by atoms with van der Waals surface area (Å²) in [5.41, 5.74) is 3.24. The van der Waals surface area contributed by atoms with Crippen LogP contribution in [-0.2, 0) is 4.74 Å². The minimum absolute atomic E-state index is 0.248. The number of carbonyl (C=O) groups excluding carboxylic acids is 2. The normalized spacial score (nSPS) is 14.5. The van der Waals surface area contributed by atoms with E-state index in [1.54, 1.807) is 41.3 Å². The number of ether oxygens (including phenoxy) is 2. The average Bonchev–Trinajstić information content (AvgIpc) is 3.19. The Morgan fingerprint density at radius 1 is 1.20 bits per heavy atom. The molecule has 2 amide bonds. The molecule has 0 unspecified atom stereocenters. The van der Waals surface area contributed by atoms with Crippen LogP contribution in [0.2, 0.25) is 0 Å². The summed E-state index contributed by atoms with van der Waals surface area (Å²) in [6, 6.07) is 10.4. The van der Waals surface area contributed by atoms with E-state index in [0.717, 1.165) is 5.56 Å². The molecule has 1 saturated heterocycles. The number of rotatable bonds is 4. The van der Waals surface area contributed by atoms with Gasteiger partial charge in [0.05, 0.1) is 24.3 Å². The third-order valence-electron chi connectivity index (χ3n) is 3.48. The van der Waals surface area contributed by atoms with Crippen LogP contribution in [0.5, 0.6) is 5.75 Å². The Kier molecular flexibility index (Phi) is 5.76. The highest BCUT2D eigenvalue weighted by Crippen LogP contribution is 2.13. The van der Waals surface area contributed by atoms with Crippen molar-refractivity contribution < 1.29 is 19.1 Å². The second-order valence-electron chi connectivity index (χ2n) is 5.21. The molecule has 0 saturated carbocycles. The first-order chi connectivity index (χ1) is 12.2. The van der Waals surface area contributed by atoms with Crippen LogP contribution in [0.15, 0.2) is 46.9 Å². The Morgan fingerprint density at radius 2 is 1.96 bits per heavy atom. The van der Waals surface area contributed by atoms with Gasteiger partial charge >= 0.3 is 6.09 Å². The molecule has 3 rings (SSSR count). The van der Waals surface area contributed by atoms with Crippen LogP contribution in [0, 0.1) is 0 Å². The maximum absolute atomic E-state index is 12.0. The van der Waals surface area contributed by atoms with Crippen LogP contribution in [0.25, 0.3) is 0 Å². The van der Waals surface area contributed by atoms with Crippen molar-refractivity contribution in [3.05, 3.63) is 52.2 Å². The van der Waals surface area contributed by atoms with E-state index >= 15 is 0 Å². The quantitative estimate of drug-likeness (QED) is 0.671. The number of nitrogens with zero attached hydrogens (tertiary/aromatic N) is 2. The highest BCUT2D eigenvalue weighted by atomic mass is 32.1. The zero-order valence-corrected chi connectivity index (χ0v) is 14.2. The Hall–Kier alpha value is -2.71. The SMILES string of the molecule is O=C(N/N=C/c1ccc(OC(=O)N2CCOCC2)cc1)c1cccs1. The molecule has 0 bridgehead atoms. The first kappa shape index (κ1) is 17.1. The second-order valence-corrected chi connectivity index (χ2v) is 6.16. The Balaban J connectivity index is 1.50. The van der Waals surface area contributed by atoms with Crippen molar-refractivity contribution in [3.8, 4) is 5.75 Å². The fourth-order valence-electron chi connectivity index (χ4n) is 2.16. The summed E-state index contributed by atoms with van der Waals surface area (Å²) in [6.07, 6.45) is 1.15. The average molecular weight is 359 g/mol. The standard InChI is InChI=1S/C17H17N3O4S/c21-16(15-2-1-11-25-15)19-18-12-13-3-5-14(6-4-13)24-17(22)20-7-9-23-10-8-20/h1-6,11-12H,7-10H2,(H,19,21)/b18-12+. The number of morpholine rings is 1. The predicted molar refractivity (Wildman–Crippen MR) is 94.2 cm³/mol. The van der Waals surface area contributed by atoms with Crippen LogP contribution in [0.3, 0.4) is 0 Å². The molecular formula is C17H17N3O4S. The zero-order chi connectivity index (χ0) is 17.5. The van der Waals surface area contributed by atoms with Gasteiger partial charge in [-0.3, -0.25) is 4.79 Å². The molecule has 130 valence electrons. The van der Waals surface area contributed by atoms with E-state index in [4.69, 9.17) is 9.47 Å². The molecule has 8 heteroatoms. The molecule has 0 spiro atoms. The van der Waals surface area contributed by atoms with Gasteiger partial charge in [0.25, 0.3) is 5.91 Å². The Labute approximate surface area is 148 Å². The Bertz CT molecular complexity index is 738. The lowest BCUT2D eigenvalue weighted by molar-refractivity contribution is 0.0416. The highest BCUT2D eigenvalue weighted by molar-refractivity contribution is 7.12. The third-order valence-corrected chi connectivity index (χ3v) is 4.35. The lowest BCUT2D eigenvalue weighted by Crippen LogP contribution is -2.42. The first-order valence-electron chi connectivity index (χ1n) is 7.74. The molecular weight excluding hydrogens is 342 g/mol. The van der Waals surface area contributed by atoms with Gasteiger partial charge in [-0.05, 0) is 41.3 Å². The highest BCUT2D eigenvalue weighted by Gasteiger charge is 2.18. The first-order valence-corrected chi connectivity index (χ1v) is 8.62. The summed E-state index contributed by atoms with van der Waals surface area (Å²) in [6.45, 7) is 2.13. The molecule has 1 aliphatic heterocycles. The third kappa shape index (κ3) is 4.88. The van der Waals surface area contributed by atoms with Crippen LogP contribution in [0.1, 0.15) is 15.2 Å². The smallest absolute Gasteiger partial charge is 0.410 e. The van der Waals surface area contributed by atoms with Crippen molar-refractivity contribution in [2.24, 2.45) is 5.10 Å². The number of carbonyl (C=O) groups is 2. The van der Waals surface area contributed by atoms with Crippen LogP contribution < -0.4 is 10.2 Å². The minimum atomic E-state index is -0.382. The minimum Gasteiger partial charge on any atom is -0.410 e. The number of hydrogen-bond donors (Lipinski definition) is 1. The topological polar surface area (TPSA) is 80.2 Å². The molecule has 0 aliphatic carbocycles. The van der Waals surface area contributed by atoms with E-state index in [2.05, 4.69) is 10.5 Å². The molecule has 1 aromatic carbocycles. The molecule has 2 heterocycles. The molecule has 25 heavy (non-hydrogen) atoms. The van der Waals surface area contributed by atoms with Crippen molar-refractivity contribution >= 4 is 29.6 Å². The number of hydrazone groups is 1. The summed E-state index contributed by atoms with van der Waals surface area (Å²) >= 11 is 1.35. The van der Waals surface area contributed by atoms with Crippen LogP contribution in [-0.4, -0.2) is 49.4 Å². The molecule has 0 radical (unpaired) electrons. The lowest BCUT2D eigenvalue weighted by atomic mass is 10.2. The van der Waals surface area contributed by atoms with Gasteiger partial charge in [-0.2, -0.15) is 5.10 Å². The van der Waals surface area contributed by atoms with Gasteiger partial charge < -0.3 is 14.4 Å². The molecule has 0 atom stereocenters. The molecule has 1 aromatic heterocycles. The summed E-state index contributed by atoms with van der Waals surface area (Å²) in [7, 11) is 0. The van der Waals surface area contributed by atoms with Crippen molar-refractivity contribution in [1.29, 1.82) is 0 Å². The molecule has 2 aromatic rings.